The summed E-state index contributed by atoms with van der Waals surface area (Å²) in [7, 11) is 0. The third-order valence-electron chi connectivity index (χ3n) is 4.85. The highest BCUT2D eigenvalue weighted by atomic mass is 32.2. The van der Waals surface area contributed by atoms with Gasteiger partial charge in [-0.25, -0.2) is 9.37 Å². The molecule has 1 atom stereocenters. The molecule has 0 radical (unpaired) electrons. The molecule has 2 heterocycles. The van der Waals surface area contributed by atoms with E-state index in [1.807, 2.05) is 31.2 Å². The van der Waals surface area contributed by atoms with Gasteiger partial charge in [-0.3, -0.25) is 14.4 Å². The van der Waals surface area contributed by atoms with Crippen molar-refractivity contribution in [2.24, 2.45) is 0 Å². The molecule has 1 aliphatic heterocycles. The number of halogens is 1. The van der Waals surface area contributed by atoms with Crippen LogP contribution in [0.5, 0.6) is 0 Å². The maximum absolute atomic E-state index is 13.1. The van der Waals surface area contributed by atoms with Crippen molar-refractivity contribution in [1.29, 1.82) is 0 Å². The van der Waals surface area contributed by atoms with Gasteiger partial charge in [0, 0.05) is 17.9 Å². The van der Waals surface area contributed by atoms with E-state index < -0.39 is 29.1 Å². The molecule has 0 spiro atoms. The first-order valence-electron chi connectivity index (χ1n) is 9.58. The second kappa shape index (κ2) is 8.73. The summed E-state index contributed by atoms with van der Waals surface area (Å²) in [6.45, 7) is 2.00. The number of carbonyl (C=O) groups is 2. The number of amides is 2. The van der Waals surface area contributed by atoms with Crippen molar-refractivity contribution in [3.8, 4) is 0 Å². The highest BCUT2D eigenvalue weighted by molar-refractivity contribution is 7.98. The van der Waals surface area contributed by atoms with Gasteiger partial charge in [-0.1, -0.05) is 41.6 Å². The summed E-state index contributed by atoms with van der Waals surface area (Å²) in [6, 6.07) is 13.2. The SMILES string of the molecule is Cc1ccc(CSc2nc3c(c(=O)[nH]2)[C@H](C(=O)Nc2ccc(F)cc2)CC(=O)N3)cc1. The van der Waals surface area contributed by atoms with E-state index in [2.05, 4.69) is 20.6 Å². The smallest absolute Gasteiger partial charge is 0.257 e. The highest BCUT2D eigenvalue weighted by Gasteiger charge is 2.34. The van der Waals surface area contributed by atoms with E-state index in [0.29, 0.717) is 16.6 Å². The van der Waals surface area contributed by atoms with Gasteiger partial charge in [-0.05, 0) is 36.8 Å². The zero-order valence-corrected chi connectivity index (χ0v) is 17.4. The molecule has 4 rings (SSSR count). The molecule has 9 heteroatoms. The van der Waals surface area contributed by atoms with Crippen LogP contribution in [0.4, 0.5) is 15.9 Å². The number of H-pyrrole nitrogens is 1. The largest absolute Gasteiger partial charge is 0.326 e. The summed E-state index contributed by atoms with van der Waals surface area (Å²) in [5.41, 5.74) is 2.22. The van der Waals surface area contributed by atoms with E-state index in [0.717, 1.165) is 11.1 Å². The molecular formula is C22H19FN4O3S. The van der Waals surface area contributed by atoms with Gasteiger partial charge in [0.15, 0.2) is 5.16 Å². The highest BCUT2D eigenvalue weighted by Crippen LogP contribution is 2.31. The minimum absolute atomic E-state index is 0.0886. The number of thioether (sulfide) groups is 1. The van der Waals surface area contributed by atoms with Crippen LogP contribution in [0.2, 0.25) is 0 Å². The molecule has 7 nitrogen and oxygen atoms in total. The first-order valence-corrected chi connectivity index (χ1v) is 10.6. The third kappa shape index (κ3) is 4.83. The fourth-order valence-corrected chi connectivity index (χ4v) is 4.06. The number of aromatic nitrogens is 2. The van der Waals surface area contributed by atoms with Gasteiger partial charge in [-0.2, -0.15) is 0 Å². The fraction of sp³-hybridized carbons (Fsp3) is 0.182. The topological polar surface area (TPSA) is 104 Å². The van der Waals surface area contributed by atoms with Gasteiger partial charge < -0.3 is 15.6 Å². The number of anilines is 2. The molecule has 158 valence electrons. The lowest BCUT2D eigenvalue weighted by atomic mass is 9.92. The summed E-state index contributed by atoms with van der Waals surface area (Å²) in [5.74, 6) is -1.69. The lowest BCUT2D eigenvalue weighted by molar-refractivity contribution is -0.123. The van der Waals surface area contributed by atoms with E-state index in [1.165, 1.54) is 36.0 Å². The molecule has 3 aromatic rings. The summed E-state index contributed by atoms with van der Waals surface area (Å²) < 4.78 is 13.1. The Kier molecular flexibility index (Phi) is 5.85. The lowest BCUT2D eigenvalue weighted by Gasteiger charge is -2.23. The second-order valence-electron chi connectivity index (χ2n) is 7.21. The normalized spacial score (nSPS) is 15.2. The Hall–Kier alpha value is -3.46. The maximum atomic E-state index is 13.1. The third-order valence-corrected chi connectivity index (χ3v) is 5.80. The number of fused-ring (bicyclic) bond motifs is 1. The minimum Gasteiger partial charge on any atom is -0.326 e. The lowest BCUT2D eigenvalue weighted by Crippen LogP contribution is -2.36. The molecule has 2 aromatic carbocycles. The number of hydrogen-bond acceptors (Lipinski definition) is 5. The number of benzene rings is 2. The predicted molar refractivity (Wildman–Crippen MR) is 117 cm³/mol. The second-order valence-corrected chi connectivity index (χ2v) is 8.17. The van der Waals surface area contributed by atoms with E-state index in [9.17, 15) is 18.8 Å². The number of nitrogens with zero attached hydrogens (tertiary/aromatic N) is 1. The average molecular weight is 438 g/mol. The van der Waals surface area contributed by atoms with Gasteiger partial charge in [0.2, 0.25) is 11.8 Å². The molecule has 0 saturated heterocycles. The monoisotopic (exact) mass is 438 g/mol. The predicted octanol–water partition coefficient (Wildman–Crippen LogP) is 3.57. The average Bonchev–Trinajstić information content (AvgIpc) is 2.74. The first kappa shape index (κ1) is 20.8. The molecule has 0 fully saturated rings. The number of nitrogens with one attached hydrogen (secondary N) is 3. The van der Waals surface area contributed by atoms with E-state index in [4.69, 9.17) is 0 Å². The zero-order valence-electron chi connectivity index (χ0n) is 16.6. The van der Waals surface area contributed by atoms with Crippen LogP contribution >= 0.6 is 11.8 Å². The van der Waals surface area contributed by atoms with E-state index in [1.54, 1.807) is 0 Å². The van der Waals surface area contributed by atoms with Gasteiger partial charge in [0.25, 0.3) is 5.56 Å². The van der Waals surface area contributed by atoms with Crippen molar-refractivity contribution in [3.05, 3.63) is 81.4 Å². The first-order chi connectivity index (χ1) is 14.9. The molecule has 2 amide bonds. The Bertz CT molecular complexity index is 1190. The van der Waals surface area contributed by atoms with E-state index >= 15 is 0 Å². The zero-order chi connectivity index (χ0) is 22.0. The van der Waals surface area contributed by atoms with Crippen molar-refractivity contribution in [1.82, 2.24) is 9.97 Å². The maximum Gasteiger partial charge on any atom is 0.257 e. The van der Waals surface area contributed by atoms with Crippen molar-refractivity contribution in [2.45, 2.75) is 30.2 Å². The van der Waals surface area contributed by atoms with Crippen LogP contribution in [-0.2, 0) is 15.3 Å². The van der Waals surface area contributed by atoms with Crippen LogP contribution in [0.25, 0.3) is 0 Å². The minimum atomic E-state index is -0.999. The molecule has 1 aliphatic rings. The summed E-state index contributed by atoms with van der Waals surface area (Å²) in [6.07, 6.45) is -0.180. The van der Waals surface area contributed by atoms with E-state index in [-0.39, 0.29) is 17.8 Å². The fourth-order valence-electron chi connectivity index (χ4n) is 3.24. The quantitative estimate of drug-likeness (QED) is 0.417. The standard InChI is InChI=1S/C22H19FN4O3S/c1-12-2-4-13(5-3-12)11-31-22-26-19-18(21(30)27-22)16(10-17(28)25-19)20(29)24-15-8-6-14(23)7-9-15/h2-9,16H,10-11H2,1H3,(H,24,29)(H2,25,26,27,28,30)/t16-/m1/s1. The number of hydrogen-bond donors (Lipinski definition) is 3. The molecule has 3 N–H and O–H groups in total. The van der Waals surface area contributed by atoms with Crippen LogP contribution < -0.4 is 16.2 Å². The van der Waals surface area contributed by atoms with Crippen molar-refractivity contribution in [3.63, 3.8) is 0 Å². The summed E-state index contributed by atoms with van der Waals surface area (Å²) in [5, 5.41) is 5.56. The van der Waals surface area contributed by atoms with Gasteiger partial charge >= 0.3 is 0 Å². The van der Waals surface area contributed by atoms with Gasteiger partial charge in [-0.15, -0.1) is 0 Å². The van der Waals surface area contributed by atoms with Gasteiger partial charge in [0.05, 0.1) is 11.5 Å². The Balaban J connectivity index is 1.56. The molecule has 0 saturated carbocycles. The van der Waals surface area contributed by atoms with Crippen LogP contribution in [0, 0.1) is 12.7 Å². The van der Waals surface area contributed by atoms with Crippen LogP contribution in [-0.4, -0.2) is 21.8 Å². The molecule has 0 aliphatic carbocycles. The Labute approximate surface area is 181 Å². The molecule has 0 bridgehead atoms. The molecule has 31 heavy (non-hydrogen) atoms. The molecule has 0 unspecified atom stereocenters. The Morgan fingerprint density at radius 2 is 1.87 bits per heavy atom. The molecular weight excluding hydrogens is 419 g/mol. The number of rotatable bonds is 5. The number of aryl methyl sites for hydroxylation is 1. The summed E-state index contributed by atoms with van der Waals surface area (Å²) >= 11 is 1.33. The van der Waals surface area contributed by atoms with Crippen molar-refractivity contribution >= 4 is 35.1 Å². The number of carbonyl (C=O) groups excluding carboxylic acids is 2. The summed E-state index contributed by atoms with van der Waals surface area (Å²) in [4.78, 5) is 44.8. The Morgan fingerprint density at radius 3 is 2.58 bits per heavy atom. The van der Waals surface area contributed by atoms with Crippen LogP contribution in [0.3, 0.4) is 0 Å². The van der Waals surface area contributed by atoms with Crippen molar-refractivity contribution in [2.75, 3.05) is 10.6 Å². The molecule has 1 aromatic heterocycles. The Morgan fingerprint density at radius 1 is 1.16 bits per heavy atom. The van der Waals surface area contributed by atoms with Crippen LogP contribution in [0.1, 0.15) is 29.0 Å². The number of aromatic amines is 1. The van der Waals surface area contributed by atoms with Gasteiger partial charge in [0.1, 0.15) is 11.6 Å². The van der Waals surface area contributed by atoms with Crippen LogP contribution in [0.15, 0.2) is 58.5 Å². The van der Waals surface area contributed by atoms with Crippen molar-refractivity contribution < 1.29 is 14.0 Å².